The number of hydrogen-bond donors (Lipinski definition) is 2. The number of carbonyl (C=O) groups excluding carboxylic acids is 2. The van der Waals surface area contributed by atoms with Crippen molar-refractivity contribution in [2.75, 3.05) is 18.5 Å². The third kappa shape index (κ3) is 5.84. The van der Waals surface area contributed by atoms with E-state index in [0.29, 0.717) is 35.0 Å². The van der Waals surface area contributed by atoms with Gasteiger partial charge >= 0.3 is 0 Å². The molecule has 0 atom stereocenters. The molecule has 2 N–H and O–H groups in total. The van der Waals surface area contributed by atoms with Crippen molar-refractivity contribution in [3.05, 3.63) is 84.4 Å². The second-order valence-corrected chi connectivity index (χ2v) is 6.14. The summed E-state index contributed by atoms with van der Waals surface area (Å²) in [5.41, 5.74) is 0.961. The van der Waals surface area contributed by atoms with Gasteiger partial charge in [-0.25, -0.2) is 0 Å². The van der Waals surface area contributed by atoms with Crippen LogP contribution in [-0.2, 0) is 4.79 Å². The van der Waals surface area contributed by atoms with E-state index in [4.69, 9.17) is 9.47 Å². The van der Waals surface area contributed by atoms with Crippen LogP contribution < -0.4 is 20.1 Å². The molecular formula is C23H22N2O4. The lowest BCUT2D eigenvalue weighted by molar-refractivity contribution is -0.122. The van der Waals surface area contributed by atoms with E-state index in [-0.39, 0.29) is 18.4 Å². The zero-order valence-corrected chi connectivity index (χ0v) is 16.1. The molecule has 0 aliphatic rings. The highest BCUT2D eigenvalue weighted by atomic mass is 16.5. The van der Waals surface area contributed by atoms with Gasteiger partial charge < -0.3 is 20.1 Å². The molecule has 0 saturated carbocycles. The first-order valence-electron chi connectivity index (χ1n) is 9.28. The molecule has 0 aliphatic carbocycles. The van der Waals surface area contributed by atoms with Crippen molar-refractivity contribution in [3.63, 3.8) is 0 Å². The molecule has 0 aromatic heterocycles. The molecule has 3 aromatic carbocycles. The van der Waals surface area contributed by atoms with Crippen LogP contribution in [0.2, 0.25) is 0 Å². The summed E-state index contributed by atoms with van der Waals surface area (Å²) < 4.78 is 11.3. The number of hydrogen-bond acceptors (Lipinski definition) is 4. The number of carbonyl (C=O) groups is 2. The lowest BCUT2D eigenvalue weighted by Crippen LogP contribution is -2.28. The number of likely N-dealkylation sites (N-methyl/N-ethyl adjacent to an activating group) is 1. The molecule has 0 saturated heterocycles. The van der Waals surface area contributed by atoms with Crippen LogP contribution in [0.5, 0.6) is 17.2 Å². The Bertz CT molecular complexity index is 973. The van der Waals surface area contributed by atoms with Crippen LogP contribution in [-0.4, -0.2) is 25.0 Å². The van der Waals surface area contributed by atoms with Crippen LogP contribution in [0.3, 0.4) is 0 Å². The predicted octanol–water partition coefficient (Wildman–Crippen LogP) is 4.25. The van der Waals surface area contributed by atoms with Crippen LogP contribution >= 0.6 is 0 Å². The summed E-state index contributed by atoms with van der Waals surface area (Å²) in [4.78, 5) is 24.3. The smallest absolute Gasteiger partial charge is 0.259 e. The molecule has 148 valence electrons. The summed E-state index contributed by atoms with van der Waals surface area (Å²) in [6.45, 7) is 2.30. The van der Waals surface area contributed by atoms with Crippen molar-refractivity contribution < 1.29 is 19.1 Å². The van der Waals surface area contributed by atoms with Gasteiger partial charge in [0.2, 0.25) is 0 Å². The summed E-state index contributed by atoms with van der Waals surface area (Å²) >= 11 is 0. The Hall–Kier alpha value is -3.80. The van der Waals surface area contributed by atoms with E-state index < -0.39 is 0 Å². The maximum absolute atomic E-state index is 12.8. The van der Waals surface area contributed by atoms with Crippen LogP contribution in [0.4, 0.5) is 5.69 Å². The Morgan fingerprint density at radius 1 is 0.862 bits per heavy atom. The van der Waals surface area contributed by atoms with Crippen LogP contribution in [0.15, 0.2) is 78.9 Å². The maximum atomic E-state index is 12.8. The molecular weight excluding hydrogens is 368 g/mol. The fourth-order valence-corrected chi connectivity index (χ4v) is 2.62. The average molecular weight is 390 g/mol. The first kappa shape index (κ1) is 19.9. The zero-order chi connectivity index (χ0) is 20.5. The van der Waals surface area contributed by atoms with E-state index in [1.54, 1.807) is 42.5 Å². The van der Waals surface area contributed by atoms with E-state index in [9.17, 15) is 9.59 Å². The predicted molar refractivity (Wildman–Crippen MR) is 112 cm³/mol. The van der Waals surface area contributed by atoms with Gasteiger partial charge in [-0.05, 0) is 43.3 Å². The zero-order valence-electron chi connectivity index (χ0n) is 16.1. The molecule has 6 nitrogen and oxygen atoms in total. The molecule has 0 radical (unpaired) electrons. The fourth-order valence-electron chi connectivity index (χ4n) is 2.62. The Kier molecular flexibility index (Phi) is 6.84. The van der Waals surface area contributed by atoms with Crippen LogP contribution in [0.1, 0.15) is 17.3 Å². The molecule has 0 aliphatic heterocycles. The van der Waals surface area contributed by atoms with Crippen LogP contribution in [0.25, 0.3) is 0 Å². The monoisotopic (exact) mass is 390 g/mol. The summed E-state index contributed by atoms with van der Waals surface area (Å²) in [5.74, 6) is 1.09. The van der Waals surface area contributed by atoms with Crippen molar-refractivity contribution >= 4 is 17.5 Å². The fraction of sp³-hybridized carbons (Fsp3) is 0.130. The van der Waals surface area contributed by atoms with Crippen molar-refractivity contribution in [2.45, 2.75) is 6.92 Å². The highest BCUT2D eigenvalue weighted by Crippen LogP contribution is 2.26. The number of anilines is 1. The Morgan fingerprint density at radius 3 is 2.38 bits per heavy atom. The van der Waals surface area contributed by atoms with Crippen molar-refractivity contribution in [3.8, 4) is 17.2 Å². The van der Waals surface area contributed by atoms with Gasteiger partial charge in [-0.2, -0.15) is 0 Å². The first-order chi connectivity index (χ1) is 14.2. The van der Waals surface area contributed by atoms with Gasteiger partial charge in [0.05, 0.1) is 5.56 Å². The minimum Gasteiger partial charge on any atom is -0.484 e. The van der Waals surface area contributed by atoms with E-state index in [1.807, 2.05) is 43.3 Å². The Balaban J connectivity index is 1.69. The summed E-state index contributed by atoms with van der Waals surface area (Å²) in [6, 6.07) is 23.2. The lowest BCUT2D eigenvalue weighted by Gasteiger charge is -2.12. The Morgan fingerprint density at radius 2 is 1.59 bits per heavy atom. The van der Waals surface area contributed by atoms with Crippen LogP contribution in [0, 0.1) is 0 Å². The quantitative estimate of drug-likeness (QED) is 0.603. The van der Waals surface area contributed by atoms with Crippen molar-refractivity contribution in [2.24, 2.45) is 0 Å². The van der Waals surface area contributed by atoms with Gasteiger partial charge in [0, 0.05) is 18.3 Å². The van der Waals surface area contributed by atoms with Gasteiger partial charge in [0.1, 0.15) is 17.2 Å². The minimum atomic E-state index is -0.308. The Labute approximate surface area is 169 Å². The molecule has 0 fully saturated rings. The van der Waals surface area contributed by atoms with Gasteiger partial charge in [-0.15, -0.1) is 0 Å². The summed E-state index contributed by atoms with van der Waals surface area (Å²) in [5, 5.41) is 5.50. The average Bonchev–Trinajstić information content (AvgIpc) is 2.74. The molecule has 3 aromatic rings. The molecule has 0 unspecified atom stereocenters. The number of ether oxygens (including phenoxy) is 2. The van der Waals surface area contributed by atoms with Gasteiger partial charge in [0.25, 0.3) is 11.8 Å². The largest absolute Gasteiger partial charge is 0.484 e. The standard InChI is InChI=1S/C23H22N2O4/c1-2-24-22(26)16-28-19-12-8-9-17(15-19)25-23(27)20-13-6-7-14-21(20)29-18-10-4-3-5-11-18/h3-15H,2,16H2,1H3,(H,24,26)(H,25,27). The lowest BCUT2D eigenvalue weighted by atomic mass is 10.1. The van der Waals surface area contributed by atoms with Crippen molar-refractivity contribution in [1.82, 2.24) is 5.32 Å². The molecule has 29 heavy (non-hydrogen) atoms. The summed E-state index contributed by atoms with van der Waals surface area (Å²) in [6.07, 6.45) is 0. The van der Waals surface area contributed by atoms with E-state index >= 15 is 0 Å². The number of nitrogens with one attached hydrogen (secondary N) is 2. The molecule has 2 amide bonds. The van der Waals surface area contributed by atoms with Gasteiger partial charge in [-0.3, -0.25) is 9.59 Å². The van der Waals surface area contributed by atoms with E-state index in [2.05, 4.69) is 10.6 Å². The first-order valence-corrected chi connectivity index (χ1v) is 9.28. The molecule has 3 rings (SSSR count). The highest BCUT2D eigenvalue weighted by molar-refractivity contribution is 6.06. The molecule has 0 bridgehead atoms. The van der Waals surface area contributed by atoms with Crippen molar-refractivity contribution in [1.29, 1.82) is 0 Å². The van der Waals surface area contributed by atoms with Gasteiger partial charge in [-0.1, -0.05) is 36.4 Å². The van der Waals surface area contributed by atoms with Gasteiger partial charge in [0.15, 0.2) is 6.61 Å². The number of rotatable bonds is 8. The highest BCUT2D eigenvalue weighted by Gasteiger charge is 2.13. The number of benzene rings is 3. The normalized spacial score (nSPS) is 10.1. The number of amides is 2. The SMILES string of the molecule is CCNC(=O)COc1cccc(NC(=O)c2ccccc2Oc2ccccc2)c1. The third-order valence-electron chi connectivity index (χ3n) is 3.94. The second-order valence-electron chi connectivity index (χ2n) is 6.14. The third-order valence-corrected chi connectivity index (χ3v) is 3.94. The molecule has 0 heterocycles. The minimum absolute atomic E-state index is 0.0843. The maximum Gasteiger partial charge on any atom is 0.259 e. The summed E-state index contributed by atoms with van der Waals surface area (Å²) in [7, 11) is 0. The number of para-hydroxylation sites is 2. The molecule has 6 heteroatoms. The van der Waals surface area contributed by atoms with E-state index in [1.165, 1.54) is 0 Å². The second kappa shape index (κ2) is 9.94. The molecule has 0 spiro atoms. The van der Waals surface area contributed by atoms with E-state index in [0.717, 1.165) is 0 Å². The topological polar surface area (TPSA) is 76.7 Å².